The predicted molar refractivity (Wildman–Crippen MR) is 132 cm³/mol. The normalized spacial score (nSPS) is 13.0. The molecule has 8 heteroatoms. The molecule has 0 aromatic carbocycles. The van der Waals surface area contributed by atoms with Crippen molar-refractivity contribution in [3.8, 4) is 0 Å². The molecule has 0 aliphatic heterocycles. The lowest BCUT2D eigenvalue weighted by Crippen LogP contribution is -2.15. The van der Waals surface area contributed by atoms with Crippen LogP contribution in [0.15, 0.2) is 0 Å². The Morgan fingerprint density at radius 2 is 0.625 bits per heavy atom. The Morgan fingerprint density at radius 3 is 0.719 bits per heavy atom. The number of hydrogen-bond acceptors (Lipinski definition) is 8. The number of rotatable bonds is 16. The van der Waals surface area contributed by atoms with Gasteiger partial charge in [0.1, 0.15) is 0 Å². The summed E-state index contributed by atoms with van der Waals surface area (Å²) in [6, 6.07) is 0. The maximum absolute atomic E-state index is 5.01. The monoisotopic (exact) mass is 472 g/mol. The molecule has 3 atom stereocenters. The van der Waals surface area contributed by atoms with Gasteiger partial charge in [0.2, 0.25) is 0 Å². The van der Waals surface area contributed by atoms with E-state index >= 15 is 0 Å². The molecular weight excluding hydrogens is 416 g/mol. The third-order valence-electron chi connectivity index (χ3n) is 4.33. The van der Waals surface area contributed by atoms with Crippen LogP contribution < -0.4 is 0 Å². The molecule has 0 saturated carbocycles. The van der Waals surface area contributed by atoms with E-state index in [-0.39, 0.29) is 18.3 Å². The highest BCUT2D eigenvalue weighted by Gasteiger charge is 2.01. The summed E-state index contributed by atoms with van der Waals surface area (Å²) in [4.78, 5) is 0. The lowest BCUT2D eigenvalue weighted by molar-refractivity contribution is 0.0265. The molecule has 0 spiro atoms. The Hall–Kier alpha value is -0.320. The standard InChI is InChI=1S/4C6H14O2/c1-6(4-7-2)5-8-3;3*1-4-6(8-3)5-7-2/h4*6H,4-5H2,1-3H3. The van der Waals surface area contributed by atoms with Crippen molar-refractivity contribution in [1.29, 1.82) is 0 Å². The van der Waals surface area contributed by atoms with E-state index in [1.807, 2.05) is 0 Å². The van der Waals surface area contributed by atoms with Crippen LogP contribution in [-0.4, -0.2) is 108 Å². The second-order valence-corrected chi connectivity index (χ2v) is 7.18. The molecule has 0 bridgehead atoms. The fourth-order valence-electron chi connectivity index (χ4n) is 2.23. The Bertz CT molecular complexity index is 244. The molecule has 3 unspecified atom stereocenters. The molecule has 0 heterocycles. The summed E-state index contributed by atoms with van der Waals surface area (Å²) >= 11 is 0. The van der Waals surface area contributed by atoms with Gasteiger partial charge in [-0.25, -0.2) is 0 Å². The van der Waals surface area contributed by atoms with Crippen LogP contribution in [0.2, 0.25) is 0 Å². The molecule has 0 aromatic heterocycles. The van der Waals surface area contributed by atoms with Gasteiger partial charge in [-0.2, -0.15) is 0 Å². The van der Waals surface area contributed by atoms with Gasteiger partial charge in [0.05, 0.1) is 51.3 Å². The smallest absolute Gasteiger partial charge is 0.0801 e. The molecule has 0 aliphatic rings. The van der Waals surface area contributed by atoms with Crippen molar-refractivity contribution >= 4 is 0 Å². The van der Waals surface area contributed by atoms with Gasteiger partial charge in [0.25, 0.3) is 0 Å². The van der Waals surface area contributed by atoms with Crippen molar-refractivity contribution in [2.24, 2.45) is 5.92 Å². The summed E-state index contributed by atoms with van der Waals surface area (Å²) in [5.41, 5.74) is 0. The average molecular weight is 473 g/mol. The maximum atomic E-state index is 5.01. The molecule has 0 rings (SSSR count). The zero-order valence-electron chi connectivity index (χ0n) is 23.2. The van der Waals surface area contributed by atoms with E-state index in [1.54, 1.807) is 56.9 Å². The molecule has 0 N–H and O–H groups in total. The SMILES string of the molecule is CCC(COC)OC.CCC(COC)OC.CCC(COC)OC.COCC(C)COC. The molecule has 32 heavy (non-hydrogen) atoms. The van der Waals surface area contributed by atoms with Gasteiger partial charge in [0, 0.05) is 62.8 Å². The van der Waals surface area contributed by atoms with Gasteiger partial charge in [-0.05, 0) is 19.3 Å². The zero-order valence-corrected chi connectivity index (χ0v) is 23.2. The van der Waals surface area contributed by atoms with Crippen LogP contribution in [0.1, 0.15) is 47.0 Å². The van der Waals surface area contributed by atoms with Gasteiger partial charge in [0.15, 0.2) is 0 Å². The van der Waals surface area contributed by atoms with Gasteiger partial charge >= 0.3 is 0 Å². The summed E-state index contributed by atoms with van der Waals surface area (Å²) in [6.07, 6.45) is 3.89. The third kappa shape index (κ3) is 34.3. The van der Waals surface area contributed by atoms with E-state index in [0.717, 1.165) is 32.5 Å². The van der Waals surface area contributed by atoms with Gasteiger partial charge in [-0.3, -0.25) is 0 Å². The third-order valence-corrected chi connectivity index (χ3v) is 4.33. The fourth-order valence-corrected chi connectivity index (χ4v) is 2.23. The lowest BCUT2D eigenvalue weighted by Gasteiger charge is -2.09. The molecule has 0 amide bonds. The van der Waals surface area contributed by atoms with Crippen molar-refractivity contribution < 1.29 is 37.9 Å². The Kier molecular flexibility index (Phi) is 42.9. The summed E-state index contributed by atoms with van der Waals surface area (Å²) in [6.45, 7) is 12.0. The van der Waals surface area contributed by atoms with E-state index < -0.39 is 0 Å². The minimum atomic E-state index is 0.278. The largest absolute Gasteiger partial charge is 0.384 e. The second kappa shape index (κ2) is 35.3. The maximum Gasteiger partial charge on any atom is 0.0801 e. The summed E-state index contributed by atoms with van der Waals surface area (Å²) in [7, 11) is 13.6. The molecule has 0 radical (unpaired) electrons. The molecule has 0 saturated heterocycles. The molecular formula is C24H56O8. The van der Waals surface area contributed by atoms with Gasteiger partial charge < -0.3 is 37.9 Å². The number of methoxy groups -OCH3 is 8. The van der Waals surface area contributed by atoms with E-state index in [2.05, 4.69) is 27.7 Å². The lowest BCUT2D eigenvalue weighted by atomic mass is 10.2. The van der Waals surface area contributed by atoms with Gasteiger partial charge in [-0.15, -0.1) is 0 Å². The fraction of sp³-hybridized carbons (Fsp3) is 1.00. The number of hydrogen-bond donors (Lipinski definition) is 0. The zero-order chi connectivity index (χ0) is 25.6. The van der Waals surface area contributed by atoms with Crippen LogP contribution in [-0.2, 0) is 37.9 Å². The minimum Gasteiger partial charge on any atom is -0.384 e. The first-order valence-electron chi connectivity index (χ1n) is 11.4. The molecule has 200 valence electrons. The van der Waals surface area contributed by atoms with Gasteiger partial charge in [-0.1, -0.05) is 27.7 Å². The van der Waals surface area contributed by atoms with E-state index in [1.165, 1.54) is 0 Å². The van der Waals surface area contributed by atoms with Crippen molar-refractivity contribution in [3.63, 3.8) is 0 Å². The number of ether oxygens (including phenoxy) is 8. The Balaban J connectivity index is -0.000000163. The van der Waals surface area contributed by atoms with E-state index in [0.29, 0.717) is 25.7 Å². The first kappa shape index (κ1) is 38.9. The van der Waals surface area contributed by atoms with Crippen LogP contribution in [0.5, 0.6) is 0 Å². The summed E-state index contributed by atoms with van der Waals surface area (Å²) in [5, 5.41) is 0. The van der Waals surface area contributed by atoms with Crippen molar-refractivity contribution in [1.82, 2.24) is 0 Å². The van der Waals surface area contributed by atoms with Crippen molar-refractivity contribution in [2.75, 3.05) is 89.9 Å². The van der Waals surface area contributed by atoms with Crippen LogP contribution >= 0.6 is 0 Å². The highest BCUT2D eigenvalue weighted by atomic mass is 16.5. The highest BCUT2D eigenvalue weighted by Crippen LogP contribution is 1.96. The van der Waals surface area contributed by atoms with E-state index in [9.17, 15) is 0 Å². The molecule has 0 aliphatic carbocycles. The van der Waals surface area contributed by atoms with Crippen molar-refractivity contribution in [3.05, 3.63) is 0 Å². The van der Waals surface area contributed by atoms with Crippen LogP contribution in [0.25, 0.3) is 0 Å². The highest BCUT2D eigenvalue weighted by molar-refractivity contribution is 4.50. The average Bonchev–Trinajstić information content (AvgIpc) is 2.81. The van der Waals surface area contributed by atoms with E-state index in [4.69, 9.17) is 37.9 Å². The van der Waals surface area contributed by atoms with Crippen LogP contribution in [0.4, 0.5) is 0 Å². The Labute approximate surface area is 199 Å². The minimum absolute atomic E-state index is 0.278. The first-order chi connectivity index (χ1) is 15.3. The van der Waals surface area contributed by atoms with Crippen LogP contribution in [0, 0.1) is 5.92 Å². The second-order valence-electron chi connectivity index (χ2n) is 7.18. The van der Waals surface area contributed by atoms with Crippen LogP contribution in [0.3, 0.4) is 0 Å². The molecule has 8 nitrogen and oxygen atoms in total. The van der Waals surface area contributed by atoms with Crippen molar-refractivity contribution in [2.45, 2.75) is 65.3 Å². The summed E-state index contributed by atoms with van der Waals surface area (Å²) < 4.78 is 39.4. The quantitative estimate of drug-likeness (QED) is 0.333. The topological polar surface area (TPSA) is 73.8 Å². The molecule has 0 fully saturated rings. The first-order valence-corrected chi connectivity index (χ1v) is 11.4. The predicted octanol–water partition coefficient (Wildman–Crippen LogP) is 4.09. The summed E-state index contributed by atoms with van der Waals surface area (Å²) in [5.74, 6) is 0.519. The Morgan fingerprint density at radius 1 is 0.406 bits per heavy atom. The molecule has 0 aromatic rings.